The van der Waals surface area contributed by atoms with Crippen molar-refractivity contribution in [1.82, 2.24) is 10.3 Å². The number of halogens is 1. The second kappa shape index (κ2) is 8.06. The van der Waals surface area contributed by atoms with Crippen LogP contribution in [0.5, 0.6) is 0 Å². The average molecular weight is 365 g/mol. The standard InChI is InChI=1S/C17H20FN3O3S/c1-3-15(17(22)20-12-13-7-6-10-19-11-13)21(25(2,23)24)16-9-5-4-8-14(16)18/h4-11,15H,3,12H2,1-2H3,(H,20,22)/t15-/m0/s1. The Labute approximate surface area is 146 Å². The van der Waals surface area contributed by atoms with Gasteiger partial charge in [-0.1, -0.05) is 25.1 Å². The van der Waals surface area contributed by atoms with Crippen LogP contribution in [-0.2, 0) is 21.4 Å². The highest BCUT2D eigenvalue weighted by Crippen LogP contribution is 2.25. The fourth-order valence-electron chi connectivity index (χ4n) is 2.48. The van der Waals surface area contributed by atoms with E-state index in [2.05, 4.69) is 10.3 Å². The molecule has 2 aromatic rings. The number of benzene rings is 1. The van der Waals surface area contributed by atoms with Crippen LogP contribution in [0.2, 0.25) is 0 Å². The average Bonchev–Trinajstić information content (AvgIpc) is 2.58. The van der Waals surface area contributed by atoms with Gasteiger partial charge in [-0.15, -0.1) is 0 Å². The van der Waals surface area contributed by atoms with Crippen LogP contribution in [0.1, 0.15) is 18.9 Å². The zero-order chi connectivity index (χ0) is 18.4. The van der Waals surface area contributed by atoms with Crippen molar-refractivity contribution in [2.45, 2.75) is 25.9 Å². The molecule has 0 aliphatic carbocycles. The maximum Gasteiger partial charge on any atom is 0.244 e. The molecule has 0 fully saturated rings. The summed E-state index contributed by atoms with van der Waals surface area (Å²) >= 11 is 0. The maximum absolute atomic E-state index is 14.1. The Morgan fingerprint density at radius 1 is 1.28 bits per heavy atom. The van der Waals surface area contributed by atoms with Gasteiger partial charge in [0.1, 0.15) is 11.9 Å². The second-order valence-corrected chi connectivity index (χ2v) is 7.37. The topological polar surface area (TPSA) is 79.4 Å². The fourth-order valence-corrected chi connectivity index (χ4v) is 3.69. The van der Waals surface area contributed by atoms with Crippen LogP contribution in [-0.4, -0.2) is 31.6 Å². The number of para-hydroxylation sites is 1. The first-order valence-electron chi connectivity index (χ1n) is 7.75. The van der Waals surface area contributed by atoms with Gasteiger partial charge in [0.25, 0.3) is 0 Å². The van der Waals surface area contributed by atoms with Gasteiger partial charge in [-0.2, -0.15) is 0 Å². The smallest absolute Gasteiger partial charge is 0.244 e. The molecule has 0 bridgehead atoms. The zero-order valence-electron chi connectivity index (χ0n) is 14.0. The molecule has 0 saturated carbocycles. The number of carbonyl (C=O) groups is 1. The highest BCUT2D eigenvalue weighted by molar-refractivity contribution is 7.92. The number of sulfonamides is 1. The van der Waals surface area contributed by atoms with Gasteiger partial charge in [-0.05, 0) is 30.2 Å². The lowest BCUT2D eigenvalue weighted by Gasteiger charge is -2.30. The summed E-state index contributed by atoms with van der Waals surface area (Å²) in [6.45, 7) is 1.88. The largest absolute Gasteiger partial charge is 0.350 e. The number of nitrogens with one attached hydrogen (secondary N) is 1. The van der Waals surface area contributed by atoms with Crippen LogP contribution < -0.4 is 9.62 Å². The molecule has 1 heterocycles. The Balaban J connectivity index is 2.27. The van der Waals surface area contributed by atoms with Gasteiger partial charge < -0.3 is 5.32 Å². The number of hydrogen-bond donors (Lipinski definition) is 1. The van der Waals surface area contributed by atoms with Gasteiger partial charge in [0.2, 0.25) is 15.9 Å². The molecular weight excluding hydrogens is 345 g/mol. The van der Waals surface area contributed by atoms with E-state index in [9.17, 15) is 17.6 Å². The Bertz CT molecular complexity index is 828. The summed E-state index contributed by atoms with van der Waals surface area (Å²) < 4.78 is 39.4. The van der Waals surface area contributed by atoms with Gasteiger partial charge in [0.15, 0.2) is 0 Å². The summed E-state index contributed by atoms with van der Waals surface area (Å²) in [7, 11) is -3.86. The van der Waals surface area contributed by atoms with Crippen molar-refractivity contribution in [1.29, 1.82) is 0 Å². The summed E-state index contributed by atoms with van der Waals surface area (Å²) in [6, 6.07) is 7.96. The zero-order valence-corrected chi connectivity index (χ0v) is 14.8. The van der Waals surface area contributed by atoms with Crippen molar-refractivity contribution < 1.29 is 17.6 Å². The van der Waals surface area contributed by atoms with Crippen LogP contribution in [0.4, 0.5) is 10.1 Å². The van der Waals surface area contributed by atoms with Crippen LogP contribution in [0.15, 0.2) is 48.8 Å². The van der Waals surface area contributed by atoms with Gasteiger partial charge >= 0.3 is 0 Å². The molecule has 1 atom stereocenters. The van der Waals surface area contributed by atoms with E-state index in [1.165, 1.54) is 18.2 Å². The van der Waals surface area contributed by atoms with Crippen molar-refractivity contribution in [3.63, 3.8) is 0 Å². The number of nitrogens with zero attached hydrogens (tertiary/aromatic N) is 2. The molecule has 1 amide bonds. The summed E-state index contributed by atoms with van der Waals surface area (Å²) in [6.07, 6.45) is 4.37. The summed E-state index contributed by atoms with van der Waals surface area (Å²) in [5.41, 5.74) is 0.635. The third-order valence-electron chi connectivity index (χ3n) is 3.61. The highest BCUT2D eigenvalue weighted by Gasteiger charge is 2.32. The molecule has 0 radical (unpaired) electrons. The van der Waals surface area contributed by atoms with Crippen molar-refractivity contribution >= 4 is 21.6 Å². The van der Waals surface area contributed by atoms with Gasteiger partial charge in [-0.3, -0.25) is 14.1 Å². The summed E-state index contributed by atoms with van der Waals surface area (Å²) in [5.74, 6) is -1.20. The number of hydrogen-bond acceptors (Lipinski definition) is 4. The Morgan fingerprint density at radius 3 is 2.56 bits per heavy atom. The molecular formula is C17H20FN3O3S. The van der Waals surface area contributed by atoms with Crippen LogP contribution in [0.25, 0.3) is 0 Å². The minimum Gasteiger partial charge on any atom is -0.350 e. The van der Waals surface area contributed by atoms with E-state index < -0.39 is 27.8 Å². The third kappa shape index (κ3) is 4.76. The highest BCUT2D eigenvalue weighted by atomic mass is 32.2. The Morgan fingerprint density at radius 2 is 2.00 bits per heavy atom. The van der Waals surface area contributed by atoms with Gasteiger partial charge in [0, 0.05) is 18.9 Å². The van der Waals surface area contributed by atoms with Gasteiger partial charge in [0.05, 0.1) is 11.9 Å². The Hall–Kier alpha value is -2.48. The molecule has 1 N–H and O–H groups in total. The van der Waals surface area contributed by atoms with Crippen molar-refractivity contribution in [3.8, 4) is 0 Å². The Kier molecular flexibility index (Phi) is 6.08. The molecule has 0 saturated heterocycles. The molecule has 8 heteroatoms. The first-order valence-corrected chi connectivity index (χ1v) is 9.60. The molecule has 6 nitrogen and oxygen atoms in total. The molecule has 0 aliphatic rings. The number of carbonyl (C=O) groups excluding carboxylic acids is 1. The lowest BCUT2D eigenvalue weighted by molar-refractivity contribution is -0.122. The van der Waals surface area contributed by atoms with E-state index in [0.717, 1.165) is 22.2 Å². The molecule has 134 valence electrons. The van der Waals surface area contributed by atoms with E-state index in [1.54, 1.807) is 31.5 Å². The van der Waals surface area contributed by atoms with Crippen LogP contribution in [0.3, 0.4) is 0 Å². The predicted molar refractivity (Wildman–Crippen MR) is 93.9 cm³/mol. The first kappa shape index (κ1) is 18.9. The summed E-state index contributed by atoms with van der Waals surface area (Å²) in [5, 5.41) is 2.68. The van der Waals surface area contributed by atoms with E-state index in [-0.39, 0.29) is 18.7 Å². The first-order chi connectivity index (χ1) is 11.8. The SMILES string of the molecule is CC[C@@H](C(=O)NCc1cccnc1)N(c1ccccc1F)S(C)(=O)=O. The van der Waals surface area contributed by atoms with E-state index in [4.69, 9.17) is 0 Å². The van der Waals surface area contributed by atoms with E-state index in [1.807, 2.05) is 0 Å². The number of pyridine rings is 1. The molecule has 25 heavy (non-hydrogen) atoms. The molecule has 0 spiro atoms. The number of rotatable bonds is 7. The summed E-state index contributed by atoms with van der Waals surface area (Å²) in [4.78, 5) is 16.5. The van der Waals surface area contributed by atoms with Crippen LogP contribution >= 0.6 is 0 Å². The van der Waals surface area contributed by atoms with E-state index >= 15 is 0 Å². The molecule has 2 rings (SSSR count). The van der Waals surface area contributed by atoms with Crippen molar-refractivity contribution in [2.24, 2.45) is 0 Å². The van der Waals surface area contributed by atoms with Crippen molar-refractivity contribution in [2.75, 3.05) is 10.6 Å². The lowest BCUT2D eigenvalue weighted by atomic mass is 10.1. The monoisotopic (exact) mass is 365 g/mol. The second-order valence-electron chi connectivity index (χ2n) is 5.51. The minimum atomic E-state index is -3.86. The molecule has 0 aliphatic heterocycles. The predicted octanol–water partition coefficient (Wildman–Crippen LogP) is 2.08. The van der Waals surface area contributed by atoms with Crippen molar-refractivity contribution in [3.05, 3.63) is 60.2 Å². The van der Waals surface area contributed by atoms with Gasteiger partial charge in [-0.25, -0.2) is 12.8 Å². The lowest BCUT2D eigenvalue weighted by Crippen LogP contribution is -2.49. The number of anilines is 1. The molecule has 1 aromatic heterocycles. The number of amides is 1. The maximum atomic E-state index is 14.1. The molecule has 0 unspecified atom stereocenters. The van der Waals surface area contributed by atoms with Crippen LogP contribution in [0, 0.1) is 5.82 Å². The third-order valence-corrected chi connectivity index (χ3v) is 4.77. The fraction of sp³-hybridized carbons (Fsp3) is 0.294. The quantitative estimate of drug-likeness (QED) is 0.815. The van der Waals surface area contributed by atoms with E-state index in [0.29, 0.717) is 0 Å². The minimum absolute atomic E-state index is 0.145. The normalized spacial score (nSPS) is 12.4. The number of aromatic nitrogens is 1. The molecule has 1 aromatic carbocycles.